The molecule has 208 valence electrons. The number of nitrogens with zero attached hydrogens (tertiary/aromatic N) is 1. The number of fused-ring (bicyclic) bond motifs is 8. The maximum Gasteiger partial charge on any atom is 0.171 e. The fraction of sp³-hybridized carbons (Fsp3) is 0. The van der Waals surface area contributed by atoms with E-state index in [-0.39, 0.29) is 0 Å². The van der Waals surface area contributed by atoms with Crippen molar-refractivity contribution in [3.05, 3.63) is 146 Å². The molecule has 0 amide bonds. The maximum atomic E-state index is 15.0. The van der Waals surface area contributed by atoms with Crippen LogP contribution in [0.2, 0.25) is 0 Å². The molecule has 0 saturated carbocycles. The van der Waals surface area contributed by atoms with Gasteiger partial charge in [0.15, 0.2) is 7.14 Å². The van der Waals surface area contributed by atoms with Crippen LogP contribution >= 0.6 is 7.14 Å². The second kappa shape index (κ2) is 9.54. The molecular weight excluding hydrogens is 561 g/mol. The summed E-state index contributed by atoms with van der Waals surface area (Å²) < 4.78 is 27.7. The van der Waals surface area contributed by atoms with E-state index in [9.17, 15) is 4.57 Å². The van der Waals surface area contributed by atoms with Crippen molar-refractivity contribution in [1.82, 2.24) is 4.98 Å². The van der Waals surface area contributed by atoms with Gasteiger partial charge in [-0.1, -0.05) is 121 Å². The number of pyridine rings is 1. The van der Waals surface area contributed by atoms with Gasteiger partial charge in [-0.05, 0) is 24.3 Å². The number of hydrogen-bond acceptors (Lipinski definition) is 4. The number of furan rings is 2. The van der Waals surface area contributed by atoms with Gasteiger partial charge in [-0.3, -0.25) is 0 Å². The van der Waals surface area contributed by atoms with E-state index in [1.165, 1.54) is 0 Å². The average Bonchev–Trinajstić information content (AvgIpc) is 3.66. The molecule has 6 aromatic carbocycles. The van der Waals surface area contributed by atoms with Crippen molar-refractivity contribution in [2.75, 3.05) is 0 Å². The van der Waals surface area contributed by atoms with Gasteiger partial charge in [0.2, 0.25) is 0 Å². The van der Waals surface area contributed by atoms with Crippen LogP contribution in [0.4, 0.5) is 0 Å². The molecule has 9 rings (SSSR count). The minimum atomic E-state index is -3.10. The molecule has 0 bridgehead atoms. The third-order valence-corrected chi connectivity index (χ3v) is 11.6. The first kappa shape index (κ1) is 25.1. The summed E-state index contributed by atoms with van der Waals surface area (Å²) in [4.78, 5) is 5.27. The van der Waals surface area contributed by atoms with E-state index in [2.05, 4.69) is 18.2 Å². The molecule has 9 aromatic rings. The van der Waals surface area contributed by atoms with E-state index in [0.29, 0.717) is 0 Å². The van der Waals surface area contributed by atoms with E-state index in [4.69, 9.17) is 13.8 Å². The highest BCUT2D eigenvalue weighted by Crippen LogP contribution is 2.44. The number of aromatic nitrogens is 1. The van der Waals surface area contributed by atoms with Gasteiger partial charge < -0.3 is 13.4 Å². The Bertz CT molecular complexity index is 2520. The van der Waals surface area contributed by atoms with Crippen molar-refractivity contribution in [3.63, 3.8) is 0 Å². The fourth-order valence-electron chi connectivity index (χ4n) is 6.44. The zero-order chi connectivity index (χ0) is 29.3. The quantitative estimate of drug-likeness (QED) is 0.193. The molecule has 0 aliphatic rings. The van der Waals surface area contributed by atoms with Gasteiger partial charge in [-0.2, -0.15) is 0 Å². The second-order valence-corrected chi connectivity index (χ2v) is 13.8. The van der Waals surface area contributed by atoms with Crippen molar-refractivity contribution in [3.8, 4) is 11.3 Å². The predicted octanol–water partition coefficient (Wildman–Crippen LogP) is 9.34. The highest BCUT2D eigenvalue weighted by Gasteiger charge is 2.29. The normalized spacial score (nSPS) is 12.2. The first-order chi connectivity index (χ1) is 21.7. The summed E-state index contributed by atoms with van der Waals surface area (Å²) in [5.41, 5.74) is 5.80. The molecule has 0 aliphatic heterocycles. The molecule has 44 heavy (non-hydrogen) atoms. The summed E-state index contributed by atoms with van der Waals surface area (Å²) in [5.74, 6) is 0. The molecule has 0 radical (unpaired) electrons. The smallest absolute Gasteiger partial charge is 0.171 e. The standard InChI is InChI=1S/C39H24NO3P/c41-44(26-11-3-1-4-12-26,27-13-5-2-6-14-27)28-21-19-25(20-22-28)38-37-30-16-8-10-18-35(30)43-39(37)32-24-36-31(23-33(32)40-38)29-15-7-9-17-34(29)42-36/h1-24H. The molecule has 0 N–H and O–H groups in total. The lowest BCUT2D eigenvalue weighted by atomic mass is 10.0. The second-order valence-electron chi connectivity index (χ2n) is 11.1. The molecular formula is C39H24NO3P. The molecule has 0 unspecified atom stereocenters. The van der Waals surface area contributed by atoms with Crippen LogP contribution < -0.4 is 15.9 Å². The van der Waals surface area contributed by atoms with Crippen molar-refractivity contribution < 1.29 is 13.4 Å². The zero-order valence-corrected chi connectivity index (χ0v) is 24.4. The van der Waals surface area contributed by atoms with Crippen molar-refractivity contribution in [2.45, 2.75) is 0 Å². The molecule has 0 spiro atoms. The third-order valence-electron chi connectivity index (χ3n) is 8.55. The Balaban J connectivity index is 1.29. The van der Waals surface area contributed by atoms with Gasteiger partial charge in [0.05, 0.1) is 16.6 Å². The predicted molar refractivity (Wildman–Crippen MR) is 181 cm³/mol. The molecule has 0 saturated heterocycles. The Hall–Kier alpha value is -5.44. The Labute approximate surface area is 252 Å². The van der Waals surface area contributed by atoms with Crippen LogP contribution in [0.1, 0.15) is 0 Å². The largest absolute Gasteiger partial charge is 0.456 e. The summed E-state index contributed by atoms with van der Waals surface area (Å²) in [7, 11) is -3.10. The lowest BCUT2D eigenvalue weighted by Gasteiger charge is -2.20. The summed E-state index contributed by atoms with van der Waals surface area (Å²) in [6, 6.07) is 47.8. The Morgan fingerprint density at radius 2 is 1.05 bits per heavy atom. The first-order valence-corrected chi connectivity index (χ1v) is 16.3. The summed E-state index contributed by atoms with van der Waals surface area (Å²) in [5, 5.41) is 7.32. The van der Waals surface area contributed by atoms with Crippen LogP contribution in [0.15, 0.2) is 154 Å². The van der Waals surface area contributed by atoms with E-state index >= 15 is 0 Å². The van der Waals surface area contributed by atoms with E-state index in [1.807, 2.05) is 127 Å². The van der Waals surface area contributed by atoms with Gasteiger partial charge in [-0.25, -0.2) is 4.98 Å². The van der Waals surface area contributed by atoms with Crippen LogP contribution in [-0.4, -0.2) is 4.98 Å². The van der Waals surface area contributed by atoms with Gasteiger partial charge in [0.1, 0.15) is 22.3 Å². The number of benzene rings is 6. The monoisotopic (exact) mass is 585 g/mol. The Kier molecular flexibility index (Phi) is 5.44. The fourth-order valence-corrected chi connectivity index (χ4v) is 9.09. The van der Waals surface area contributed by atoms with Crippen LogP contribution in [0.3, 0.4) is 0 Å². The molecule has 0 fully saturated rings. The van der Waals surface area contributed by atoms with Gasteiger partial charge in [0, 0.05) is 43.0 Å². The number of hydrogen-bond donors (Lipinski definition) is 0. The van der Waals surface area contributed by atoms with Crippen molar-refractivity contribution in [1.29, 1.82) is 0 Å². The van der Waals surface area contributed by atoms with Crippen LogP contribution in [0, 0.1) is 0 Å². The van der Waals surface area contributed by atoms with Gasteiger partial charge in [-0.15, -0.1) is 0 Å². The van der Waals surface area contributed by atoms with E-state index < -0.39 is 7.14 Å². The molecule has 0 atom stereocenters. The first-order valence-electron chi connectivity index (χ1n) is 14.6. The molecule has 4 nitrogen and oxygen atoms in total. The molecule has 5 heteroatoms. The van der Waals surface area contributed by atoms with Crippen LogP contribution in [0.5, 0.6) is 0 Å². The number of para-hydroxylation sites is 2. The highest BCUT2D eigenvalue weighted by atomic mass is 31.2. The highest BCUT2D eigenvalue weighted by molar-refractivity contribution is 7.85. The average molecular weight is 586 g/mol. The summed E-state index contributed by atoms with van der Waals surface area (Å²) in [6.07, 6.45) is 0. The maximum absolute atomic E-state index is 15.0. The third kappa shape index (κ3) is 3.65. The minimum absolute atomic E-state index is 0.775. The van der Waals surface area contributed by atoms with Gasteiger partial charge >= 0.3 is 0 Å². The number of rotatable bonds is 4. The summed E-state index contributed by atoms with van der Waals surface area (Å²) in [6.45, 7) is 0. The van der Waals surface area contributed by atoms with Crippen LogP contribution in [0.25, 0.3) is 66.0 Å². The van der Waals surface area contributed by atoms with Crippen molar-refractivity contribution >= 4 is 77.8 Å². The minimum Gasteiger partial charge on any atom is -0.456 e. The topological polar surface area (TPSA) is 56.2 Å². The Morgan fingerprint density at radius 3 is 1.73 bits per heavy atom. The molecule has 3 aromatic heterocycles. The van der Waals surface area contributed by atoms with Gasteiger partial charge in [0.25, 0.3) is 0 Å². The van der Waals surface area contributed by atoms with E-state index in [1.54, 1.807) is 0 Å². The van der Waals surface area contributed by atoms with Crippen LogP contribution in [-0.2, 0) is 4.57 Å². The SMILES string of the molecule is O=P(c1ccccc1)(c1ccccc1)c1ccc(-c2nc3cc4c(cc3c3oc5ccccc5c23)oc2ccccc24)cc1. The van der Waals surface area contributed by atoms with E-state index in [0.717, 1.165) is 82.0 Å². The lowest BCUT2D eigenvalue weighted by Crippen LogP contribution is -2.24. The van der Waals surface area contributed by atoms with Crippen molar-refractivity contribution in [2.24, 2.45) is 0 Å². The molecule has 0 aliphatic carbocycles. The summed E-state index contributed by atoms with van der Waals surface area (Å²) >= 11 is 0. The lowest BCUT2D eigenvalue weighted by molar-refractivity contribution is 0.592. The molecule has 3 heterocycles. The zero-order valence-electron chi connectivity index (χ0n) is 23.5. The Morgan fingerprint density at radius 1 is 0.477 bits per heavy atom.